The summed E-state index contributed by atoms with van der Waals surface area (Å²) >= 11 is 0. The maximum absolute atomic E-state index is 12.0. The van der Waals surface area contributed by atoms with Gasteiger partial charge in [0.15, 0.2) is 6.61 Å². The molecule has 0 fully saturated rings. The van der Waals surface area contributed by atoms with E-state index in [9.17, 15) is 13.2 Å². The number of ether oxygens (including phenoxy) is 1. The number of carbonyl (C=O) groups excluding carboxylic acids is 1. The predicted molar refractivity (Wildman–Crippen MR) is 76.2 cm³/mol. The first-order valence-corrected chi connectivity index (χ1v) is 7.65. The van der Waals surface area contributed by atoms with Gasteiger partial charge in [0.2, 0.25) is 10.0 Å². The number of nitrogens with zero attached hydrogens (tertiary/aromatic N) is 1. The highest BCUT2D eigenvalue weighted by Gasteiger charge is 2.18. The molecule has 0 saturated heterocycles. The normalized spacial score (nSPS) is 11.4. The summed E-state index contributed by atoms with van der Waals surface area (Å²) in [5.41, 5.74) is 0.664. The largest absolute Gasteiger partial charge is 0.484 e. The summed E-state index contributed by atoms with van der Waals surface area (Å²) < 4.78 is 30.4. The van der Waals surface area contributed by atoms with Gasteiger partial charge in [-0.2, -0.15) is 0 Å². The Morgan fingerprint density at radius 2 is 2.00 bits per heavy atom. The lowest BCUT2D eigenvalue weighted by atomic mass is 10.2. The van der Waals surface area contributed by atoms with Gasteiger partial charge in [0.05, 0.1) is 4.90 Å². The molecule has 1 rings (SSSR count). The van der Waals surface area contributed by atoms with Crippen LogP contribution in [0, 0.1) is 6.92 Å². The lowest BCUT2D eigenvalue weighted by molar-refractivity contribution is -0.122. The third kappa shape index (κ3) is 3.94. The SMILES string of the molecule is CCNC(=O)COc1ccc(S(=O)(=O)N(C)C)cc1C. The minimum absolute atomic E-state index is 0.0888. The monoisotopic (exact) mass is 300 g/mol. The van der Waals surface area contributed by atoms with Crippen molar-refractivity contribution in [3.63, 3.8) is 0 Å². The van der Waals surface area contributed by atoms with Crippen LogP contribution in [0.4, 0.5) is 0 Å². The van der Waals surface area contributed by atoms with E-state index in [1.165, 1.54) is 26.2 Å². The van der Waals surface area contributed by atoms with Crippen molar-refractivity contribution in [2.75, 3.05) is 27.2 Å². The lowest BCUT2D eigenvalue weighted by Crippen LogP contribution is -2.28. The Kier molecular flexibility index (Phi) is 5.52. The van der Waals surface area contributed by atoms with E-state index in [0.29, 0.717) is 17.9 Å². The molecule has 6 nitrogen and oxygen atoms in total. The second-order valence-corrected chi connectivity index (χ2v) is 6.61. The molecule has 1 aromatic rings. The van der Waals surface area contributed by atoms with Crippen LogP contribution in [-0.4, -0.2) is 45.9 Å². The second kappa shape index (κ2) is 6.71. The molecule has 0 aliphatic heterocycles. The first-order chi connectivity index (χ1) is 9.28. The number of benzene rings is 1. The molecule has 0 bridgehead atoms. The van der Waals surface area contributed by atoms with Gasteiger partial charge in [-0.3, -0.25) is 4.79 Å². The van der Waals surface area contributed by atoms with Gasteiger partial charge in [-0.25, -0.2) is 12.7 Å². The molecule has 112 valence electrons. The molecule has 0 aromatic heterocycles. The zero-order valence-electron chi connectivity index (χ0n) is 12.1. The fourth-order valence-corrected chi connectivity index (χ4v) is 2.53. The summed E-state index contributed by atoms with van der Waals surface area (Å²) in [7, 11) is -0.505. The summed E-state index contributed by atoms with van der Waals surface area (Å²) in [5, 5.41) is 2.62. The quantitative estimate of drug-likeness (QED) is 0.841. The molecule has 0 aliphatic rings. The van der Waals surface area contributed by atoms with Crippen molar-refractivity contribution in [1.82, 2.24) is 9.62 Å². The minimum atomic E-state index is -3.46. The third-order valence-corrected chi connectivity index (χ3v) is 4.47. The van der Waals surface area contributed by atoms with Gasteiger partial charge in [0.1, 0.15) is 5.75 Å². The Morgan fingerprint density at radius 3 is 2.50 bits per heavy atom. The number of hydrogen-bond acceptors (Lipinski definition) is 4. The Labute approximate surface area is 119 Å². The van der Waals surface area contributed by atoms with E-state index in [4.69, 9.17) is 4.74 Å². The van der Waals surface area contributed by atoms with Crippen molar-refractivity contribution in [2.24, 2.45) is 0 Å². The zero-order chi connectivity index (χ0) is 15.3. The Hall–Kier alpha value is -1.60. The van der Waals surface area contributed by atoms with E-state index in [0.717, 1.165) is 4.31 Å². The first-order valence-electron chi connectivity index (χ1n) is 6.21. The molecule has 0 unspecified atom stereocenters. The van der Waals surface area contributed by atoms with Crippen LogP contribution in [0.25, 0.3) is 0 Å². The van der Waals surface area contributed by atoms with E-state index in [1.54, 1.807) is 13.0 Å². The highest BCUT2D eigenvalue weighted by molar-refractivity contribution is 7.89. The number of carbonyl (C=O) groups is 1. The Balaban J connectivity index is 2.87. The number of nitrogens with one attached hydrogen (secondary N) is 1. The number of amides is 1. The van der Waals surface area contributed by atoms with Gasteiger partial charge in [-0.15, -0.1) is 0 Å². The molecule has 0 heterocycles. The molecule has 1 N–H and O–H groups in total. The van der Waals surface area contributed by atoms with Crippen LogP contribution < -0.4 is 10.1 Å². The van der Waals surface area contributed by atoms with Gasteiger partial charge >= 0.3 is 0 Å². The van der Waals surface area contributed by atoms with Crippen LogP contribution in [-0.2, 0) is 14.8 Å². The van der Waals surface area contributed by atoms with Gasteiger partial charge in [-0.1, -0.05) is 0 Å². The highest BCUT2D eigenvalue weighted by atomic mass is 32.2. The highest BCUT2D eigenvalue weighted by Crippen LogP contribution is 2.23. The van der Waals surface area contributed by atoms with Crippen molar-refractivity contribution < 1.29 is 17.9 Å². The lowest BCUT2D eigenvalue weighted by Gasteiger charge is -2.14. The number of hydrogen-bond donors (Lipinski definition) is 1. The fourth-order valence-electron chi connectivity index (χ4n) is 1.55. The number of sulfonamides is 1. The van der Waals surface area contributed by atoms with Gasteiger partial charge < -0.3 is 10.1 Å². The van der Waals surface area contributed by atoms with E-state index >= 15 is 0 Å². The average molecular weight is 300 g/mol. The van der Waals surface area contributed by atoms with Crippen molar-refractivity contribution in [3.8, 4) is 5.75 Å². The molecular weight excluding hydrogens is 280 g/mol. The molecule has 7 heteroatoms. The van der Waals surface area contributed by atoms with Crippen LogP contribution in [0.15, 0.2) is 23.1 Å². The topological polar surface area (TPSA) is 75.7 Å². The van der Waals surface area contributed by atoms with Crippen molar-refractivity contribution in [1.29, 1.82) is 0 Å². The van der Waals surface area contributed by atoms with Gasteiger partial charge in [0.25, 0.3) is 5.91 Å². The molecule has 0 saturated carbocycles. The van der Waals surface area contributed by atoms with Crippen LogP contribution in [0.3, 0.4) is 0 Å². The molecule has 1 aromatic carbocycles. The van der Waals surface area contributed by atoms with Crippen LogP contribution in [0.2, 0.25) is 0 Å². The molecule has 20 heavy (non-hydrogen) atoms. The van der Waals surface area contributed by atoms with E-state index in [1.807, 2.05) is 6.92 Å². The standard InChI is InChI=1S/C13H20N2O4S/c1-5-14-13(16)9-19-12-7-6-11(8-10(12)2)20(17,18)15(3)4/h6-8H,5,9H2,1-4H3,(H,14,16). The Bertz CT molecular complexity index is 582. The second-order valence-electron chi connectivity index (χ2n) is 4.46. The molecular formula is C13H20N2O4S. The number of rotatable bonds is 6. The van der Waals surface area contributed by atoms with Crippen LogP contribution >= 0.6 is 0 Å². The molecule has 0 aliphatic carbocycles. The number of aryl methyl sites for hydroxylation is 1. The average Bonchev–Trinajstić information content (AvgIpc) is 2.37. The smallest absolute Gasteiger partial charge is 0.257 e. The molecule has 0 spiro atoms. The maximum Gasteiger partial charge on any atom is 0.257 e. The summed E-state index contributed by atoms with van der Waals surface area (Å²) in [6.07, 6.45) is 0. The summed E-state index contributed by atoms with van der Waals surface area (Å²) in [4.78, 5) is 11.5. The minimum Gasteiger partial charge on any atom is -0.484 e. The molecule has 1 amide bonds. The van der Waals surface area contributed by atoms with Crippen molar-refractivity contribution in [2.45, 2.75) is 18.7 Å². The van der Waals surface area contributed by atoms with Crippen LogP contribution in [0.1, 0.15) is 12.5 Å². The zero-order valence-corrected chi connectivity index (χ0v) is 13.0. The van der Waals surface area contributed by atoms with Gasteiger partial charge in [0, 0.05) is 20.6 Å². The third-order valence-electron chi connectivity index (χ3n) is 2.66. The first kappa shape index (κ1) is 16.5. The summed E-state index contributed by atoms with van der Waals surface area (Å²) in [6, 6.07) is 4.56. The fraction of sp³-hybridized carbons (Fsp3) is 0.462. The summed E-state index contributed by atoms with van der Waals surface area (Å²) in [5.74, 6) is 0.283. The van der Waals surface area contributed by atoms with E-state index in [2.05, 4.69) is 5.32 Å². The van der Waals surface area contributed by atoms with Crippen LogP contribution in [0.5, 0.6) is 5.75 Å². The van der Waals surface area contributed by atoms with E-state index in [-0.39, 0.29) is 17.4 Å². The Morgan fingerprint density at radius 1 is 1.35 bits per heavy atom. The van der Waals surface area contributed by atoms with E-state index < -0.39 is 10.0 Å². The maximum atomic E-state index is 12.0. The molecule has 0 radical (unpaired) electrons. The van der Waals surface area contributed by atoms with Gasteiger partial charge in [-0.05, 0) is 37.6 Å². The van der Waals surface area contributed by atoms with Crippen molar-refractivity contribution in [3.05, 3.63) is 23.8 Å². The number of likely N-dealkylation sites (N-methyl/N-ethyl adjacent to an activating group) is 1. The molecule has 0 atom stereocenters. The predicted octanol–water partition coefficient (Wildman–Crippen LogP) is 0.760. The summed E-state index contributed by atoms with van der Waals surface area (Å²) in [6.45, 7) is 4.02. The van der Waals surface area contributed by atoms with Crippen molar-refractivity contribution >= 4 is 15.9 Å².